The summed E-state index contributed by atoms with van der Waals surface area (Å²) in [5, 5.41) is 4.60. The average Bonchev–Trinajstić information content (AvgIpc) is 2.74. The van der Waals surface area contributed by atoms with Gasteiger partial charge >= 0.3 is 0 Å². The largest absolute Gasteiger partial charge is 0.490 e. The van der Waals surface area contributed by atoms with Crippen molar-refractivity contribution in [3.63, 3.8) is 0 Å². The van der Waals surface area contributed by atoms with Crippen molar-refractivity contribution in [2.24, 2.45) is 0 Å². The van der Waals surface area contributed by atoms with Crippen molar-refractivity contribution in [2.75, 3.05) is 6.61 Å². The van der Waals surface area contributed by atoms with Gasteiger partial charge in [0.15, 0.2) is 11.5 Å². The van der Waals surface area contributed by atoms with Crippen LogP contribution in [0.15, 0.2) is 66.7 Å². The van der Waals surface area contributed by atoms with Gasteiger partial charge in [0.2, 0.25) is 0 Å². The minimum Gasteiger partial charge on any atom is -0.490 e. The fourth-order valence-electron chi connectivity index (χ4n) is 2.97. The molecule has 5 heteroatoms. The summed E-state index contributed by atoms with van der Waals surface area (Å²) in [6.45, 7) is 5.82. The summed E-state index contributed by atoms with van der Waals surface area (Å²) in [6, 6.07) is 22.2. The molecule has 0 aliphatic rings. The van der Waals surface area contributed by atoms with Gasteiger partial charge < -0.3 is 14.8 Å². The molecule has 0 saturated heterocycles. The number of ether oxygens (including phenoxy) is 2. The van der Waals surface area contributed by atoms with Gasteiger partial charge in [-0.05, 0) is 54.8 Å². The van der Waals surface area contributed by atoms with Crippen molar-refractivity contribution in [1.29, 1.82) is 0 Å². The molecular formula is C24H25Cl2NO2. The van der Waals surface area contributed by atoms with E-state index in [0.717, 1.165) is 23.4 Å². The van der Waals surface area contributed by atoms with Crippen LogP contribution in [0.2, 0.25) is 10.0 Å². The Hall–Kier alpha value is -2.20. The molecule has 0 aliphatic carbocycles. The van der Waals surface area contributed by atoms with E-state index < -0.39 is 0 Å². The molecule has 1 unspecified atom stereocenters. The second-order valence-corrected chi connectivity index (χ2v) is 7.58. The highest BCUT2D eigenvalue weighted by Crippen LogP contribution is 2.30. The van der Waals surface area contributed by atoms with Gasteiger partial charge in [-0.1, -0.05) is 65.7 Å². The number of rotatable bonds is 9. The number of halogens is 2. The minimum absolute atomic E-state index is 0.261. The Morgan fingerprint density at radius 3 is 2.31 bits per heavy atom. The molecule has 29 heavy (non-hydrogen) atoms. The molecule has 3 nitrogen and oxygen atoms in total. The first-order chi connectivity index (χ1) is 14.1. The summed E-state index contributed by atoms with van der Waals surface area (Å²) < 4.78 is 11.8. The Kier molecular flexibility index (Phi) is 7.82. The summed E-state index contributed by atoms with van der Waals surface area (Å²) in [4.78, 5) is 0. The summed E-state index contributed by atoms with van der Waals surface area (Å²) in [5.74, 6) is 1.44. The normalized spacial score (nSPS) is 11.9. The summed E-state index contributed by atoms with van der Waals surface area (Å²) >= 11 is 12.1. The van der Waals surface area contributed by atoms with Crippen LogP contribution in [0.5, 0.6) is 11.5 Å². The third-order valence-corrected chi connectivity index (χ3v) is 5.34. The Bertz CT molecular complexity index is 931. The first-order valence-corrected chi connectivity index (χ1v) is 10.4. The third-order valence-electron chi connectivity index (χ3n) is 4.60. The lowest BCUT2D eigenvalue weighted by atomic mass is 10.1. The van der Waals surface area contributed by atoms with E-state index in [1.807, 2.05) is 37.3 Å². The molecule has 3 rings (SSSR count). The van der Waals surface area contributed by atoms with Crippen molar-refractivity contribution in [2.45, 2.75) is 33.0 Å². The molecule has 3 aromatic rings. The molecule has 0 aromatic heterocycles. The maximum atomic E-state index is 6.08. The number of hydrogen-bond acceptors (Lipinski definition) is 3. The fourth-order valence-corrected chi connectivity index (χ4v) is 3.29. The summed E-state index contributed by atoms with van der Waals surface area (Å²) in [7, 11) is 0. The SMILES string of the molecule is CCOc1cc(CNC(C)c2ccccc2)ccc1OCc1ccc(Cl)c(Cl)c1. The molecule has 0 saturated carbocycles. The first kappa shape index (κ1) is 21.5. The van der Waals surface area contributed by atoms with Crippen LogP contribution in [-0.4, -0.2) is 6.61 Å². The van der Waals surface area contributed by atoms with Crippen LogP contribution >= 0.6 is 23.2 Å². The third kappa shape index (κ3) is 6.14. The van der Waals surface area contributed by atoms with E-state index in [4.69, 9.17) is 32.7 Å². The van der Waals surface area contributed by atoms with Gasteiger partial charge in [-0.2, -0.15) is 0 Å². The lowest BCUT2D eigenvalue weighted by molar-refractivity contribution is 0.269. The Labute approximate surface area is 182 Å². The molecule has 0 radical (unpaired) electrons. The van der Waals surface area contributed by atoms with E-state index in [-0.39, 0.29) is 6.04 Å². The van der Waals surface area contributed by atoms with Gasteiger partial charge in [0.05, 0.1) is 16.7 Å². The van der Waals surface area contributed by atoms with E-state index in [0.29, 0.717) is 29.0 Å². The van der Waals surface area contributed by atoms with Crippen molar-refractivity contribution in [3.8, 4) is 11.5 Å². The molecule has 0 aliphatic heterocycles. The minimum atomic E-state index is 0.261. The van der Waals surface area contributed by atoms with E-state index in [1.54, 1.807) is 6.07 Å². The predicted molar refractivity (Wildman–Crippen MR) is 120 cm³/mol. The maximum Gasteiger partial charge on any atom is 0.161 e. The van der Waals surface area contributed by atoms with Crippen molar-refractivity contribution >= 4 is 23.2 Å². The zero-order valence-electron chi connectivity index (χ0n) is 16.6. The molecule has 0 bridgehead atoms. The number of benzene rings is 3. The fraction of sp³-hybridized carbons (Fsp3) is 0.250. The molecule has 1 atom stereocenters. The van der Waals surface area contributed by atoms with Crippen molar-refractivity contribution in [1.82, 2.24) is 5.32 Å². The van der Waals surface area contributed by atoms with Gasteiger partial charge in [0.25, 0.3) is 0 Å². The van der Waals surface area contributed by atoms with E-state index >= 15 is 0 Å². The van der Waals surface area contributed by atoms with Crippen LogP contribution in [0.1, 0.15) is 36.6 Å². The molecule has 0 heterocycles. The molecule has 0 amide bonds. The topological polar surface area (TPSA) is 30.5 Å². The second-order valence-electron chi connectivity index (χ2n) is 6.76. The smallest absolute Gasteiger partial charge is 0.161 e. The van der Waals surface area contributed by atoms with E-state index in [9.17, 15) is 0 Å². The molecular weight excluding hydrogens is 405 g/mol. The Morgan fingerprint density at radius 1 is 0.828 bits per heavy atom. The monoisotopic (exact) mass is 429 g/mol. The van der Waals surface area contributed by atoms with Gasteiger partial charge in [-0.15, -0.1) is 0 Å². The van der Waals surface area contributed by atoms with E-state index in [1.165, 1.54) is 5.56 Å². The van der Waals surface area contributed by atoms with Gasteiger partial charge in [0.1, 0.15) is 6.61 Å². The second kappa shape index (κ2) is 10.5. The van der Waals surface area contributed by atoms with Gasteiger partial charge in [-0.3, -0.25) is 0 Å². The molecule has 1 N–H and O–H groups in total. The highest BCUT2D eigenvalue weighted by molar-refractivity contribution is 6.42. The molecule has 3 aromatic carbocycles. The van der Waals surface area contributed by atoms with E-state index in [2.05, 4.69) is 42.6 Å². The van der Waals surface area contributed by atoms with Gasteiger partial charge in [0, 0.05) is 12.6 Å². The molecule has 0 spiro atoms. The van der Waals surface area contributed by atoms with Crippen LogP contribution < -0.4 is 14.8 Å². The molecule has 0 fully saturated rings. The van der Waals surface area contributed by atoms with Crippen LogP contribution in [0, 0.1) is 0 Å². The Morgan fingerprint density at radius 2 is 1.59 bits per heavy atom. The van der Waals surface area contributed by atoms with Crippen molar-refractivity contribution < 1.29 is 9.47 Å². The summed E-state index contributed by atoms with van der Waals surface area (Å²) in [5.41, 5.74) is 3.35. The highest BCUT2D eigenvalue weighted by atomic mass is 35.5. The van der Waals surface area contributed by atoms with Crippen LogP contribution in [0.3, 0.4) is 0 Å². The zero-order valence-corrected chi connectivity index (χ0v) is 18.1. The number of hydrogen-bond donors (Lipinski definition) is 1. The molecule has 152 valence electrons. The highest BCUT2D eigenvalue weighted by Gasteiger charge is 2.10. The average molecular weight is 430 g/mol. The lowest BCUT2D eigenvalue weighted by Gasteiger charge is -2.16. The number of nitrogens with one attached hydrogen (secondary N) is 1. The standard InChI is InChI=1S/C24H25Cl2NO2/c1-3-28-24-14-18(15-27-17(2)20-7-5-4-6-8-20)10-12-23(24)29-16-19-9-11-21(25)22(26)13-19/h4-14,17,27H,3,15-16H2,1-2H3. The quantitative estimate of drug-likeness (QED) is 0.404. The van der Waals surface area contributed by atoms with Crippen LogP contribution in [0.4, 0.5) is 0 Å². The maximum absolute atomic E-state index is 6.08. The van der Waals surface area contributed by atoms with Crippen LogP contribution in [-0.2, 0) is 13.2 Å². The first-order valence-electron chi connectivity index (χ1n) is 9.67. The Balaban J connectivity index is 1.65. The van der Waals surface area contributed by atoms with Crippen LogP contribution in [0.25, 0.3) is 0 Å². The predicted octanol–water partition coefficient (Wildman–Crippen LogP) is 6.82. The summed E-state index contributed by atoms with van der Waals surface area (Å²) in [6.07, 6.45) is 0. The lowest BCUT2D eigenvalue weighted by Crippen LogP contribution is -2.18. The van der Waals surface area contributed by atoms with Gasteiger partial charge in [-0.25, -0.2) is 0 Å². The van der Waals surface area contributed by atoms with Crippen molar-refractivity contribution in [3.05, 3.63) is 93.5 Å². The zero-order chi connectivity index (χ0) is 20.6.